The molecule has 7 aromatic rings. The van der Waals surface area contributed by atoms with Crippen LogP contribution < -0.4 is 0 Å². The lowest BCUT2D eigenvalue weighted by molar-refractivity contribution is 0.655. The van der Waals surface area contributed by atoms with E-state index in [1.165, 1.54) is 94.6 Å². The van der Waals surface area contributed by atoms with Crippen molar-refractivity contribution in [3.8, 4) is 55.6 Å². The second-order valence-corrected chi connectivity index (χ2v) is 16.1. The van der Waals surface area contributed by atoms with Crippen molar-refractivity contribution in [1.82, 2.24) is 0 Å². The zero-order valence-electron chi connectivity index (χ0n) is 32.8. The van der Waals surface area contributed by atoms with E-state index in [0.717, 1.165) is 25.7 Å². The highest BCUT2D eigenvalue weighted by molar-refractivity contribution is 5.88. The van der Waals surface area contributed by atoms with E-state index in [0.29, 0.717) is 5.92 Å². The Balaban J connectivity index is 1.16. The van der Waals surface area contributed by atoms with Gasteiger partial charge in [-0.3, -0.25) is 0 Å². The van der Waals surface area contributed by atoms with Crippen LogP contribution in [0.25, 0.3) is 55.6 Å². The summed E-state index contributed by atoms with van der Waals surface area (Å²) in [6, 6.07) is 57.1. The summed E-state index contributed by atoms with van der Waals surface area (Å²) in [5.74, 6) is 0.459. The molecule has 0 radical (unpaired) electrons. The van der Waals surface area contributed by atoms with E-state index in [2.05, 4.69) is 193 Å². The van der Waals surface area contributed by atoms with Crippen LogP contribution in [0, 0.1) is 13.8 Å². The molecule has 0 aromatic heterocycles. The van der Waals surface area contributed by atoms with Crippen molar-refractivity contribution in [3.05, 3.63) is 191 Å². The lowest BCUT2D eigenvalue weighted by atomic mass is 9.79. The maximum Gasteiger partial charge on any atom is 0.0158 e. The first-order valence-corrected chi connectivity index (χ1v) is 20.0. The topological polar surface area (TPSA) is 0 Å². The molecule has 0 amide bonds. The van der Waals surface area contributed by atoms with Crippen LogP contribution in [0.1, 0.15) is 85.4 Å². The summed E-state index contributed by atoms with van der Waals surface area (Å²) in [7, 11) is 0. The van der Waals surface area contributed by atoms with Gasteiger partial charge in [0.1, 0.15) is 0 Å². The predicted molar refractivity (Wildman–Crippen MR) is 232 cm³/mol. The minimum absolute atomic E-state index is 0.0104. The maximum absolute atomic E-state index is 2.55. The van der Waals surface area contributed by atoms with Crippen molar-refractivity contribution in [2.75, 3.05) is 0 Å². The summed E-state index contributed by atoms with van der Waals surface area (Å²) in [5, 5.41) is 0. The van der Waals surface area contributed by atoms with Gasteiger partial charge in [0, 0.05) is 5.41 Å². The predicted octanol–water partition coefficient (Wildman–Crippen LogP) is 15.0. The van der Waals surface area contributed by atoms with Crippen molar-refractivity contribution in [3.63, 3.8) is 0 Å². The SMILES string of the molecule is CCC(C)c1cc2c(cc1-c1cc(-c3ccc(CCCc4cccc(-c5ccccc5)c4)c(-c4ccccc4C)c3)ccc1C)-c1ccccc1C2(C)C. The van der Waals surface area contributed by atoms with E-state index in [4.69, 9.17) is 0 Å². The first-order chi connectivity index (χ1) is 26.2. The molecule has 0 heteroatoms. The molecule has 54 heavy (non-hydrogen) atoms. The Kier molecular flexibility index (Phi) is 9.72. The zero-order valence-corrected chi connectivity index (χ0v) is 32.8. The molecule has 0 spiro atoms. The number of hydrogen-bond acceptors (Lipinski definition) is 0. The molecule has 1 aliphatic rings. The van der Waals surface area contributed by atoms with E-state index in [1.807, 2.05) is 0 Å². The molecule has 0 aliphatic heterocycles. The number of aryl methyl sites for hydroxylation is 4. The van der Waals surface area contributed by atoms with E-state index in [9.17, 15) is 0 Å². The van der Waals surface area contributed by atoms with Gasteiger partial charge >= 0.3 is 0 Å². The second kappa shape index (κ2) is 14.8. The highest BCUT2D eigenvalue weighted by Gasteiger charge is 2.36. The minimum atomic E-state index is -0.0104. The summed E-state index contributed by atoms with van der Waals surface area (Å²) in [5.41, 5.74) is 23.1. The largest absolute Gasteiger partial charge is 0.0648 e. The molecule has 1 unspecified atom stereocenters. The third-order valence-electron chi connectivity index (χ3n) is 12.2. The van der Waals surface area contributed by atoms with Crippen LogP contribution in [-0.4, -0.2) is 0 Å². The van der Waals surface area contributed by atoms with E-state index < -0.39 is 0 Å². The van der Waals surface area contributed by atoms with Gasteiger partial charge in [0.25, 0.3) is 0 Å². The molecule has 0 fully saturated rings. The van der Waals surface area contributed by atoms with E-state index >= 15 is 0 Å². The van der Waals surface area contributed by atoms with Crippen molar-refractivity contribution in [1.29, 1.82) is 0 Å². The Labute approximate surface area is 323 Å². The summed E-state index contributed by atoms with van der Waals surface area (Å²) >= 11 is 0. The van der Waals surface area contributed by atoms with Gasteiger partial charge in [-0.15, -0.1) is 0 Å². The van der Waals surface area contributed by atoms with Gasteiger partial charge in [-0.2, -0.15) is 0 Å². The number of hydrogen-bond donors (Lipinski definition) is 0. The van der Waals surface area contributed by atoms with Crippen molar-refractivity contribution >= 4 is 0 Å². The fraction of sp³-hybridized carbons (Fsp3) is 0.222. The highest BCUT2D eigenvalue weighted by atomic mass is 14.4. The van der Waals surface area contributed by atoms with Gasteiger partial charge in [0.05, 0.1) is 0 Å². The summed E-state index contributed by atoms with van der Waals surface area (Å²) in [6.07, 6.45) is 4.29. The van der Waals surface area contributed by atoms with Crippen LogP contribution in [0.3, 0.4) is 0 Å². The monoisotopic (exact) mass is 700 g/mol. The van der Waals surface area contributed by atoms with Gasteiger partial charge in [-0.25, -0.2) is 0 Å². The summed E-state index contributed by atoms with van der Waals surface area (Å²) in [6.45, 7) is 14.0. The third-order valence-corrected chi connectivity index (χ3v) is 12.2. The van der Waals surface area contributed by atoms with Gasteiger partial charge in [-0.05, 0) is 158 Å². The number of benzene rings is 7. The molecule has 7 aromatic carbocycles. The average molecular weight is 701 g/mol. The lowest BCUT2D eigenvalue weighted by Gasteiger charge is -2.25. The van der Waals surface area contributed by atoms with Crippen LogP contribution in [0.15, 0.2) is 152 Å². The first-order valence-electron chi connectivity index (χ1n) is 20.0. The summed E-state index contributed by atoms with van der Waals surface area (Å²) in [4.78, 5) is 0. The Morgan fingerprint density at radius 2 is 1.11 bits per heavy atom. The Hall–Kier alpha value is -5.46. The van der Waals surface area contributed by atoms with Gasteiger partial charge < -0.3 is 0 Å². The number of fused-ring (bicyclic) bond motifs is 3. The van der Waals surface area contributed by atoms with Crippen LogP contribution >= 0.6 is 0 Å². The quantitative estimate of drug-likeness (QED) is 0.133. The standard InChI is InChI=1S/C54H52/c1-7-36(2)48-35-53-51(46-25-13-14-26-52(46)54(53,5)6)34-50(48)47-32-43(28-27-38(47)4)44-30-29-41(49(33-44)45-24-12-11-17-37(45)3)22-15-18-39-19-16-23-42(31-39)40-20-9-8-10-21-40/h8-14,16-17,19-21,23-36H,7,15,18,22H2,1-6H3. The van der Waals surface area contributed by atoms with Gasteiger partial charge in [0.2, 0.25) is 0 Å². The van der Waals surface area contributed by atoms with Crippen LogP contribution in [0.4, 0.5) is 0 Å². The molecule has 268 valence electrons. The van der Waals surface area contributed by atoms with Crippen molar-refractivity contribution < 1.29 is 0 Å². The molecule has 1 atom stereocenters. The Morgan fingerprint density at radius 1 is 0.463 bits per heavy atom. The minimum Gasteiger partial charge on any atom is -0.0648 e. The van der Waals surface area contributed by atoms with E-state index in [1.54, 1.807) is 0 Å². The normalized spacial score (nSPS) is 13.4. The van der Waals surface area contributed by atoms with Gasteiger partial charge in [-0.1, -0.05) is 161 Å². The zero-order chi connectivity index (χ0) is 37.4. The maximum atomic E-state index is 2.55. The third kappa shape index (κ3) is 6.64. The Bertz CT molecular complexity index is 2460. The molecule has 0 saturated carbocycles. The molecule has 0 saturated heterocycles. The summed E-state index contributed by atoms with van der Waals surface area (Å²) < 4.78 is 0. The molecule has 0 N–H and O–H groups in total. The average Bonchev–Trinajstić information content (AvgIpc) is 3.43. The molecule has 0 heterocycles. The van der Waals surface area contributed by atoms with Crippen molar-refractivity contribution in [2.24, 2.45) is 0 Å². The molecular formula is C54H52. The van der Waals surface area contributed by atoms with Crippen LogP contribution in [0.5, 0.6) is 0 Å². The highest BCUT2D eigenvalue weighted by Crippen LogP contribution is 2.51. The van der Waals surface area contributed by atoms with Crippen LogP contribution in [-0.2, 0) is 18.3 Å². The fourth-order valence-electron chi connectivity index (χ4n) is 8.84. The molecule has 8 rings (SSSR count). The van der Waals surface area contributed by atoms with E-state index in [-0.39, 0.29) is 5.41 Å². The fourth-order valence-corrected chi connectivity index (χ4v) is 8.84. The molecule has 0 nitrogen and oxygen atoms in total. The van der Waals surface area contributed by atoms with Crippen molar-refractivity contribution in [2.45, 2.75) is 78.6 Å². The van der Waals surface area contributed by atoms with Gasteiger partial charge in [0.15, 0.2) is 0 Å². The first kappa shape index (κ1) is 35.6. The molecular weight excluding hydrogens is 649 g/mol. The smallest absolute Gasteiger partial charge is 0.0158 e. The van der Waals surface area contributed by atoms with Crippen LogP contribution in [0.2, 0.25) is 0 Å². The lowest BCUT2D eigenvalue weighted by Crippen LogP contribution is -2.15. The molecule has 0 bridgehead atoms. The second-order valence-electron chi connectivity index (χ2n) is 16.1. The molecule has 1 aliphatic carbocycles. The number of rotatable bonds is 10. The Morgan fingerprint density at radius 3 is 1.89 bits per heavy atom.